The number of Topliss-reactive ketones (excluding diaryl/α,β-unsaturated/α-hetero) is 2. The van der Waals surface area contributed by atoms with Crippen molar-refractivity contribution >= 4 is 28.7 Å². The minimum absolute atomic E-state index is 0.128. The third-order valence-corrected chi connectivity index (χ3v) is 11.8. The van der Waals surface area contributed by atoms with Gasteiger partial charge in [0.2, 0.25) is 0 Å². The van der Waals surface area contributed by atoms with E-state index < -0.39 is 77.3 Å². The number of aromatic nitrogens is 3. The largest absolute Gasteiger partial charge is 0.459 e. The van der Waals surface area contributed by atoms with Gasteiger partial charge in [-0.05, 0) is 86.0 Å². The number of hydrogen-bond donors (Lipinski definition) is 2. The van der Waals surface area contributed by atoms with Gasteiger partial charge in [-0.1, -0.05) is 27.7 Å². The highest BCUT2D eigenvalue weighted by Gasteiger charge is 2.52. The van der Waals surface area contributed by atoms with Gasteiger partial charge in [0.1, 0.15) is 29.5 Å². The third-order valence-electron chi connectivity index (χ3n) is 11.8. The lowest BCUT2D eigenvalue weighted by molar-refractivity contribution is -0.295. The van der Waals surface area contributed by atoms with Gasteiger partial charge in [0.25, 0.3) is 0 Å². The number of hydrogen-bond acceptors (Lipinski definition) is 13. The van der Waals surface area contributed by atoms with Crippen LogP contribution in [-0.2, 0) is 44.6 Å². The summed E-state index contributed by atoms with van der Waals surface area (Å²) in [6, 6.07) is 3.56. The number of aliphatic hydroxyl groups excluding tert-OH is 1. The molecule has 0 saturated carbocycles. The maximum atomic E-state index is 14.4. The molecule has 14 nitrogen and oxygen atoms in total. The van der Waals surface area contributed by atoms with Crippen molar-refractivity contribution in [3.05, 3.63) is 24.7 Å². The average molecular weight is 761 g/mol. The molecule has 0 spiro atoms. The summed E-state index contributed by atoms with van der Waals surface area (Å²) in [5.41, 5.74) is -1.44. The van der Waals surface area contributed by atoms with Crippen LogP contribution in [0.15, 0.2) is 24.7 Å². The standard InChI is InChI=1S/C40H64N4O10/c1-12-30-40(8,49)35(51-19-14-13-18-44-22-42-36-28(44)16-15-17-41-36)25(4)31(45)23(2)21-39(7,50-11)34(26(5)32(46)27(6)37(48)53-30)54-38-33(47)29(43(9)10)20-24(3)52-38/h15-17,22-27,29-30,33-35,38,47,49H,12-14,18-21H2,1-11H3/t23-,24-,25-,26+,27-,29+,30+,33-,34-,35?,38+,39+,40-/m1/s1. The minimum Gasteiger partial charge on any atom is -0.459 e. The van der Waals surface area contributed by atoms with E-state index in [4.69, 9.17) is 23.7 Å². The summed E-state index contributed by atoms with van der Waals surface area (Å²) >= 11 is 0. The zero-order chi connectivity index (χ0) is 40.1. The SMILES string of the molecule is CC[C@@H]1OC(=O)[C@H](C)C(=O)[C@H](C)[C@@H](O[C@@H]2O[C@H](C)C[C@H](N(C)C)[C@H]2O)[C@@](C)(OC)C[C@@H](C)C(=O)[C@@H](C)C(OCCCCn2cnc3ncccc32)[C@]1(C)O. The van der Waals surface area contributed by atoms with Crippen LogP contribution < -0.4 is 0 Å². The van der Waals surface area contributed by atoms with E-state index in [1.54, 1.807) is 47.1 Å². The monoisotopic (exact) mass is 760 g/mol. The number of aryl methyl sites for hydroxylation is 1. The summed E-state index contributed by atoms with van der Waals surface area (Å²) in [5.74, 6) is -5.11. The average Bonchev–Trinajstić information content (AvgIpc) is 3.55. The fourth-order valence-electron chi connectivity index (χ4n) is 8.40. The van der Waals surface area contributed by atoms with Gasteiger partial charge in [-0.2, -0.15) is 0 Å². The van der Waals surface area contributed by atoms with Crippen LogP contribution >= 0.6 is 0 Å². The van der Waals surface area contributed by atoms with Gasteiger partial charge in [0.05, 0.1) is 35.8 Å². The molecular weight excluding hydrogens is 696 g/mol. The van der Waals surface area contributed by atoms with Gasteiger partial charge in [0, 0.05) is 50.3 Å². The van der Waals surface area contributed by atoms with Gasteiger partial charge < -0.3 is 43.4 Å². The number of esters is 1. The number of fused-ring (bicyclic) bond motifs is 1. The van der Waals surface area contributed by atoms with E-state index in [0.29, 0.717) is 25.0 Å². The van der Waals surface area contributed by atoms with Crippen LogP contribution in [0.1, 0.15) is 87.5 Å². The summed E-state index contributed by atoms with van der Waals surface area (Å²) in [7, 11) is 5.23. The van der Waals surface area contributed by atoms with E-state index in [9.17, 15) is 24.6 Å². The first-order chi connectivity index (χ1) is 25.4. The van der Waals surface area contributed by atoms with E-state index in [-0.39, 0.29) is 37.4 Å². The molecule has 2 aliphatic heterocycles. The fraction of sp³-hybridized carbons (Fsp3) is 0.775. The van der Waals surface area contributed by atoms with Gasteiger partial charge >= 0.3 is 5.97 Å². The molecule has 2 aromatic heterocycles. The topological polar surface area (TPSA) is 172 Å². The predicted octanol–water partition coefficient (Wildman–Crippen LogP) is 3.97. The Bertz CT molecular complexity index is 1570. The smallest absolute Gasteiger partial charge is 0.316 e. The second kappa shape index (κ2) is 18.4. The first kappa shape index (κ1) is 43.9. The summed E-state index contributed by atoms with van der Waals surface area (Å²) in [5, 5.41) is 23.5. The molecule has 2 saturated heterocycles. The molecule has 0 radical (unpaired) electrons. The van der Waals surface area contributed by atoms with Gasteiger partial charge in [-0.25, -0.2) is 9.97 Å². The fourth-order valence-corrected chi connectivity index (χ4v) is 8.40. The molecule has 0 aromatic carbocycles. The Kier molecular flexibility index (Phi) is 14.9. The molecular formula is C40H64N4O10. The number of carbonyl (C=O) groups is 3. The first-order valence-electron chi connectivity index (χ1n) is 19.5. The molecule has 2 N–H and O–H groups in total. The van der Waals surface area contributed by atoms with Crippen molar-refractivity contribution in [2.75, 3.05) is 27.8 Å². The second-order valence-electron chi connectivity index (χ2n) is 16.2. The van der Waals surface area contributed by atoms with E-state index in [0.717, 1.165) is 11.9 Å². The second-order valence-corrected chi connectivity index (χ2v) is 16.2. The number of rotatable bonds is 11. The van der Waals surface area contributed by atoms with E-state index in [1.807, 2.05) is 42.6 Å². The van der Waals surface area contributed by atoms with Crippen molar-refractivity contribution < 1.29 is 48.3 Å². The molecule has 4 heterocycles. The summed E-state index contributed by atoms with van der Waals surface area (Å²) < 4.78 is 33.2. The number of imidazole rings is 1. The van der Waals surface area contributed by atoms with Crippen molar-refractivity contribution in [3.8, 4) is 0 Å². The maximum Gasteiger partial charge on any atom is 0.316 e. The molecule has 13 atom stereocenters. The lowest BCUT2D eigenvalue weighted by Gasteiger charge is -2.47. The van der Waals surface area contributed by atoms with Crippen LogP contribution in [0.25, 0.3) is 11.2 Å². The lowest BCUT2D eigenvalue weighted by Crippen LogP contribution is -2.60. The van der Waals surface area contributed by atoms with E-state index in [2.05, 4.69) is 9.97 Å². The van der Waals surface area contributed by atoms with E-state index >= 15 is 0 Å². The maximum absolute atomic E-state index is 14.4. The molecule has 0 aliphatic carbocycles. The van der Waals surface area contributed by atoms with Crippen molar-refractivity contribution in [1.82, 2.24) is 19.4 Å². The normalized spacial score (nSPS) is 37.7. The molecule has 0 amide bonds. The highest BCUT2D eigenvalue weighted by Crippen LogP contribution is 2.39. The van der Waals surface area contributed by atoms with Crippen LogP contribution in [0.4, 0.5) is 0 Å². The van der Waals surface area contributed by atoms with Crippen LogP contribution in [-0.4, -0.2) is 129 Å². The van der Waals surface area contributed by atoms with Crippen molar-refractivity contribution in [2.45, 2.75) is 148 Å². The van der Waals surface area contributed by atoms with Crippen LogP contribution in [0.3, 0.4) is 0 Å². The molecule has 2 fully saturated rings. The van der Waals surface area contributed by atoms with Crippen molar-refractivity contribution in [3.63, 3.8) is 0 Å². The number of nitrogens with zero attached hydrogens (tertiary/aromatic N) is 4. The Morgan fingerprint density at radius 3 is 2.35 bits per heavy atom. The number of aliphatic hydroxyl groups is 2. The summed E-state index contributed by atoms with van der Waals surface area (Å²) in [4.78, 5) is 52.9. The molecule has 304 valence electrons. The predicted molar refractivity (Wildman–Crippen MR) is 201 cm³/mol. The van der Waals surface area contributed by atoms with Crippen LogP contribution in [0.2, 0.25) is 0 Å². The number of pyridine rings is 1. The minimum atomic E-state index is -1.78. The number of likely N-dealkylation sites (N-methyl/N-ethyl adjacent to an activating group) is 1. The zero-order valence-corrected chi connectivity index (χ0v) is 34.1. The molecule has 0 bridgehead atoms. The number of ether oxygens (including phenoxy) is 5. The van der Waals surface area contributed by atoms with Gasteiger partial charge in [-0.3, -0.25) is 14.4 Å². The Hall–Kier alpha value is -2.85. The summed E-state index contributed by atoms with van der Waals surface area (Å²) in [6.07, 6.45) is 0.158. The Labute approximate surface area is 320 Å². The summed E-state index contributed by atoms with van der Waals surface area (Å²) in [6.45, 7) is 14.5. The van der Waals surface area contributed by atoms with Crippen LogP contribution in [0.5, 0.6) is 0 Å². The number of ketones is 2. The third kappa shape index (κ3) is 9.56. The van der Waals surface area contributed by atoms with Gasteiger partial charge in [0.15, 0.2) is 17.7 Å². The molecule has 1 unspecified atom stereocenters. The van der Waals surface area contributed by atoms with Crippen molar-refractivity contribution in [2.24, 2.45) is 23.7 Å². The Balaban J connectivity index is 1.63. The van der Waals surface area contributed by atoms with Crippen LogP contribution in [0, 0.1) is 23.7 Å². The number of carbonyl (C=O) groups excluding carboxylic acids is 3. The highest BCUT2D eigenvalue weighted by atomic mass is 16.7. The number of methoxy groups -OCH3 is 1. The zero-order valence-electron chi connectivity index (χ0n) is 34.1. The van der Waals surface area contributed by atoms with E-state index in [1.165, 1.54) is 21.0 Å². The molecule has 4 rings (SSSR count). The van der Waals surface area contributed by atoms with Crippen molar-refractivity contribution in [1.29, 1.82) is 0 Å². The quantitative estimate of drug-likeness (QED) is 0.192. The molecule has 2 aliphatic rings. The highest BCUT2D eigenvalue weighted by molar-refractivity contribution is 6.00. The first-order valence-corrected chi connectivity index (χ1v) is 19.5. The molecule has 2 aromatic rings. The Morgan fingerprint density at radius 1 is 1.02 bits per heavy atom. The number of unbranched alkanes of at least 4 members (excludes halogenated alkanes) is 1. The lowest BCUT2D eigenvalue weighted by atomic mass is 9.74. The molecule has 54 heavy (non-hydrogen) atoms. The van der Waals surface area contributed by atoms with Gasteiger partial charge in [-0.15, -0.1) is 0 Å². The Morgan fingerprint density at radius 2 is 1.70 bits per heavy atom. The molecule has 14 heteroatoms. The number of cyclic esters (lactones) is 1.